The molecule has 15 heavy (non-hydrogen) atoms. The fourth-order valence-electron chi connectivity index (χ4n) is 1.04. The van der Waals surface area contributed by atoms with Crippen LogP contribution in [0.25, 0.3) is 11.5 Å². The third-order valence-corrected chi connectivity index (χ3v) is 2.21. The van der Waals surface area contributed by atoms with E-state index in [1.807, 2.05) is 0 Å². The van der Waals surface area contributed by atoms with Gasteiger partial charge in [0, 0.05) is 13.2 Å². The van der Waals surface area contributed by atoms with Crippen LogP contribution in [0.15, 0.2) is 12.5 Å². The van der Waals surface area contributed by atoms with E-state index in [0.29, 0.717) is 5.69 Å². The van der Waals surface area contributed by atoms with Crippen molar-refractivity contribution < 1.29 is 4.39 Å². The first kappa shape index (κ1) is 10.3. The van der Waals surface area contributed by atoms with E-state index in [4.69, 9.17) is 23.2 Å². The van der Waals surface area contributed by atoms with E-state index in [1.54, 1.807) is 24.1 Å². The molecule has 0 unspecified atom stereocenters. The molecule has 0 aromatic carbocycles. The average Bonchev–Trinajstić information content (AvgIpc) is 2.60. The molecule has 0 amide bonds. The Morgan fingerprint density at radius 3 is 2.33 bits per heavy atom. The van der Waals surface area contributed by atoms with Gasteiger partial charge in [-0.1, -0.05) is 23.2 Å². The highest BCUT2D eigenvalue weighted by Crippen LogP contribution is 2.22. The molecule has 0 N–H and O–H groups in total. The largest absolute Gasteiger partial charge is 0.340 e. The molecule has 0 bridgehead atoms. The van der Waals surface area contributed by atoms with Crippen LogP contribution in [-0.2, 0) is 7.05 Å². The molecule has 2 heterocycles. The number of halogens is 3. The van der Waals surface area contributed by atoms with Crippen molar-refractivity contribution in [2.45, 2.75) is 0 Å². The quantitative estimate of drug-likeness (QED) is 0.726. The third-order valence-electron chi connectivity index (χ3n) is 1.70. The molecule has 0 saturated carbocycles. The van der Waals surface area contributed by atoms with Crippen LogP contribution in [-0.4, -0.2) is 19.5 Å². The minimum atomic E-state index is -0.821. The lowest BCUT2D eigenvalue weighted by molar-refractivity contribution is 0.615. The molecule has 4 nitrogen and oxygen atoms in total. The Bertz CT molecular complexity index is 488. The summed E-state index contributed by atoms with van der Waals surface area (Å²) >= 11 is 11.1. The molecule has 0 aliphatic heterocycles. The molecule has 0 aliphatic carbocycles. The van der Waals surface area contributed by atoms with E-state index in [0.717, 1.165) is 0 Å². The van der Waals surface area contributed by atoms with Gasteiger partial charge in [-0.05, 0) is 0 Å². The standard InChI is InChI=1S/C8H5Cl2FN4/c1-15-2-4(12-3-15)8-13-6(9)5(11)7(10)14-8/h2-3H,1H3. The lowest BCUT2D eigenvalue weighted by Crippen LogP contribution is -1.94. The predicted molar refractivity (Wildman–Crippen MR) is 54.2 cm³/mol. The van der Waals surface area contributed by atoms with Gasteiger partial charge in [0.2, 0.25) is 0 Å². The van der Waals surface area contributed by atoms with Crippen molar-refractivity contribution in [2.24, 2.45) is 7.05 Å². The van der Waals surface area contributed by atoms with E-state index in [2.05, 4.69) is 15.0 Å². The topological polar surface area (TPSA) is 43.6 Å². The molecule has 2 aromatic rings. The first-order valence-electron chi connectivity index (χ1n) is 3.95. The molecule has 0 radical (unpaired) electrons. The van der Waals surface area contributed by atoms with Crippen LogP contribution < -0.4 is 0 Å². The van der Waals surface area contributed by atoms with E-state index >= 15 is 0 Å². The SMILES string of the molecule is Cn1cnc(-c2nc(Cl)c(F)c(Cl)n2)c1. The summed E-state index contributed by atoms with van der Waals surface area (Å²) < 4.78 is 14.7. The molecule has 2 aromatic heterocycles. The van der Waals surface area contributed by atoms with E-state index in [1.165, 1.54) is 0 Å². The highest BCUT2D eigenvalue weighted by atomic mass is 35.5. The van der Waals surface area contributed by atoms with E-state index in [-0.39, 0.29) is 16.1 Å². The second kappa shape index (κ2) is 3.75. The van der Waals surface area contributed by atoms with Crippen LogP contribution in [0.1, 0.15) is 0 Å². The average molecular weight is 247 g/mol. The molecule has 78 valence electrons. The Morgan fingerprint density at radius 2 is 1.87 bits per heavy atom. The zero-order chi connectivity index (χ0) is 11.0. The van der Waals surface area contributed by atoms with Gasteiger partial charge in [0.1, 0.15) is 5.69 Å². The number of hydrogen-bond acceptors (Lipinski definition) is 3. The number of imidazole rings is 1. The maximum atomic E-state index is 13.0. The number of aryl methyl sites for hydroxylation is 1. The van der Waals surface area contributed by atoms with Gasteiger partial charge in [-0.15, -0.1) is 0 Å². The van der Waals surface area contributed by atoms with Gasteiger partial charge < -0.3 is 4.57 Å². The molecule has 0 aliphatic rings. The molecule has 0 spiro atoms. The minimum absolute atomic E-state index is 0.201. The molecule has 2 rings (SSSR count). The normalized spacial score (nSPS) is 10.7. The van der Waals surface area contributed by atoms with Crippen molar-refractivity contribution in [3.05, 3.63) is 28.6 Å². The van der Waals surface area contributed by atoms with Crippen molar-refractivity contribution in [1.82, 2.24) is 19.5 Å². The summed E-state index contributed by atoms with van der Waals surface area (Å²) in [6.45, 7) is 0. The molecular weight excluding hydrogens is 242 g/mol. The fourth-order valence-corrected chi connectivity index (χ4v) is 1.42. The van der Waals surface area contributed by atoms with Crippen LogP contribution in [0.4, 0.5) is 4.39 Å². The van der Waals surface area contributed by atoms with Crippen LogP contribution >= 0.6 is 23.2 Å². The number of nitrogens with zero attached hydrogens (tertiary/aromatic N) is 4. The van der Waals surface area contributed by atoms with E-state index < -0.39 is 5.82 Å². The maximum Gasteiger partial charge on any atom is 0.197 e. The van der Waals surface area contributed by atoms with Gasteiger partial charge in [0.25, 0.3) is 0 Å². The lowest BCUT2D eigenvalue weighted by atomic mass is 10.4. The highest BCUT2D eigenvalue weighted by molar-refractivity contribution is 6.33. The molecule has 7 heteroatoms. The summed E-state index contributed by atoms with van der Waals surface area (Å²) in [6.07, 6.45) is 3.25. The maximum absolute atomic E-state index is 13.0. The van der Waals surface area contributed by atoms with Crippen LogP contribution in [0, 0.1) is 5.82 Å². The van der Waals surface area contributed by atoms with Crippen molar-refractivity contribution in [1.29, 1.82) is 0 Å². The molecule has 0 atom stereocenters. The van der Waals surface area contributed by atoms with Crippen molar-refractivity contribution in [2.75, 3.05) is 0 Å². The summed E-state index contributed by atoms with van der Waals surface area (Å²) in [4.78, 5) is 11.5. The Balaban J connectivity index is 2.55. The smallest absolute Gasteiger partial charge is 0.197 e. The van der Waals surface area contributed by atoms with Gasteiger partial charge in [0.05, 0.1) is 6.33 Å². The minimum Gasteiger partial charge on any atom is -0.340 e. The Labute approximate surface area is 94.7 Å². The zero-order valence-corrected chi connectivity index (χ0v) is 9.09. The zero-order valence-electron chi connectivity index (χ0n) is 7.58. The summed E-state index contributed by atoms with van der Waals surface area (Å²) in [5.74, 6) is -0.620. The van der Waals surface area contributed by atoms with Crippen molar-refractivity contribution >= 4 is 23.2 Å². The van der Waals surface area contributed by atoms with E-state index in [9.17, 15) is 4.39 Å². The van der Waals surface area contributed by atoms with Gasteiger partial charge in [-0.25, -0.2) is 19.3 Å². The van der Waals surface area contributed by atoms with Crippen LogP contribution in [0.3, 0.4) is 0 Å². The van der Waals surface area contributed by atoms with Crippen LogP contribution in [0.2, 0.25) is 10.3 Å². The van der Waals surface area contributed by atoms with Crippen LogP contribution in [0.5, 0.6) is 0 Å². The summed E-state index contributed by atoms with van der Waals surface area (Å²) in [6, 6.07) is 0. The first-order chi connectivity index (χ1) is 7.08. The molecule has 0 fully saturated rings. The molecule has 0 saturated heterocycles. The van der Waals surface area contributed by atoms with Gasteiger partial charge in [-0.3, -0.25) is 0 Å². The first-order valence-corrected chi connectivity index (χ1v) is 4.70. The summed E-state index contributed by atoms with van der Waals surface area (Å²) in [7, 11) is 1.79. The number of rotatable bonds is 1. The number of hydrogen-bond donors (Lipinski definition) is 0. The fraction of sp³-hybridized carbons (Fsp3) is 0.125. The summed E-state index contributed by atoms with van der Waals surface area (Å²) in [5, 5.41) is -0.619. The highest BCUT2D eigenvalue weighted by Gasteiger charge is 2.13. The Hall–Kier alpha value is -1.20. The lowest BCUT2D eigenvalue weighted by Gasteiger charge is -1.99. The number of aromatic nitrogens is 4. The second-order valence-electron chi connectivity index (χ2n) is 2.87. The predicted octanol–water partition coefficient (Wildman–Crippen LogP) is 2.32. The van der Waals surface area contributed by atoms with Gasteiger partial charge in [0.15, 0.2) is 21.9 Å². The Kier molecular flexibility index (Phi) is 2.58. The van der Waals surface area contributed by atoms with Crippen molar-refractivity contribution in [3.8, 4) is 11.5 Å². The Morgan fingerprint density at radius 1 is 1.27 bits per heavy atom. The molecular formula is C8H5Cl2FN4. The van der Waals surface area contributed by atoms with Gasteiger partial charge >= 0.3 is 0 Å². The van der Waals surface area contributed by atoms with Gasteiger partial charge in [-0.2, -0.15) is 0 Å². The summed E-state index contributed by atoms with van der Waals surface area (Å²) in [5.41, 5.74) is 0.487. The second-order valence-corrected chi connectivity index (χ2v) is 3.58. The monoisotopic (exact) mass is 246 g/mol. The van der Waals surface area contributed by atoms with Crippen molar-refractivity contribution in [3.63, 3.8) is 0 Å². The third kappa shape index (κ3) is 1.93.